The Kier molecular flexibility index (Phi) is 4.57. The number of hydrogen-bond donors (Lipinski definition) is 1. The summed E-state index contributed by atoms with van der Waals surface area (Å²) in [6, 6.07) is 11.4. The van der Waals surface area contributed by atoms with Crippen molar-refractivity contribution in [3.05, 3.63) is 54.1 Å². The first-order valence-electron chi connectivity index (χ1n) is 9.30. The van der Waals surface area contributed by atoms with Crippen LogP contribution >= 0.6 is 0 Å². The topological polar surface area (TPSA) is 52.2 Å². The highest BCUT2D eigenvalue weighted by Crippen LogP contribution is 2.42. The second kappa shape index (κ2) is 7.00. The first-order valence-corrected chi connectivity index (χ1v) is 9.30. The number of hydrogen-bond acceptors (Lipinski definition) is 3. The summed E-state index contributed by atoms with van der Waals surface area (Å²) in [5.41, 5.74) is 1.25. The van der Waals surface area contributed by atoms with E-state index in [2.05, 4.69) is 44.0 Å². The molecule has 0 radical (unpaired) electrons. The molecule has 1 amide bonds. The van der Waals surface area contributed by atoms with Gasteiger partial charge in [0, 0.05) is 31.4 Å². The van der Waals surface area contributed by atoms with Crippen molar-refractivity contribution < 1.29 is 4.79 Å². The maximum Gasteiger partial charge on any atom is 0.220 e. The van der Waals surface area contributed by atoms with E-state index in [1.807, 2.05) is 18.5 Å². The van der Waals surface area contributed by atoms with E-state index in [-0.39, 0.29) is 11.9 Å². The lowest BCUT2D eigenvalue weighted by molar-refractivity contribution is -0.132. The zero-order valence-corrected chi connectivity index (χ0v) is 14.8. The Morgan fingerprint density at radius 3 is 2.80 bits per heavy atom. The number of rotatable bonds is 3. The van der Waals surface area contributed by atoms with Gasteiger partial charge in [-0.2, -0.15) is 0 Å². The lowest BCUT2D eigenvalue weighted by Gasteiger charge is -2.33. The van der Waals surface area contributed by atoms with Crippen LogP contribution < -0.4 is 0 Å². The maximum atomic E-state index is 12.5. The van der Waals surface area contributed by atoms with Crippen molar-refractivity contribution in [2.24, 2.45) is 0 Å². The number of benzene rings is 1. The highest BCUT2D eigenvalue weighted by atomic mass is 16.2. The van der Waals surface area contributed by atoms with Gasteiger partial charge in [-0.25, -0.2) is 4.98 Å². The fourth-order valence-electron chi connectivity index (χ4n) is 4.67. The average molecular weight is 338 g/mol. The fourth-order valence-corrected chi connectivity index (χ4v) is 4.67. The molecule has 0 spiro atoms. The van der Waals surface area contributed by atoms with E-state index >= 15 is 0 Å². The second-order valence-corrected chi connectivity index (χ2v) is 7.23. The number of carbonyl (C=O) groups excluding carboxylic acids is 1. The number of aromatic amines is 1. The first-order chi connectivity index (χ1) is 12.2. The van der Waals surface area contributed by atoms with E-state index < -0.39 is 0 Å². The maximum absolute atomic E-state index is 12.5. The second-order valence-electron chi connectivity index (χ2n) is 7.23. The van der Waals surface area contributed by atoms with Crippen LogP contribution in [-0.4, -0.2) is 44.3 Å². The van der Waals surface area contributed by atoms with Crippen LogP contribution in [0, 0.1) is 0 Å². The van der Waals surface area contributed by atoms with E-state index in [9.17, 15) is 4.79 Å². The summed E-state index contributed by atoms with van der Waals surface area (Å²) in [7, 11) is 0. The number of H-pyrrole nitrogens is 1. The van der Waals surface area contributed by atoms with Crippen molar-refractivity contribution >= 4 is 5.91 Å². The SMILES string of the molecule is CC(=O)N1[C@H](c2ccccc2)C[C@@H]2[C@@H]1CCCCN2Cc1ncc[nH]1. The van der Waals surface area contributed by atoms with E-state index in [4.69, 9.17) is 0 Å². The monoisotopic (exact) mass is 338 g/mol. The molecule has 132 valence electrons. The number of amides is 1. The number of nitrogens with zero attached hydrogens (tertiary/aromatic N) is 3. The largest absolute Gasteiger partial charge is 0.348 e. The van der Waals surface area contributed by atoms with Crippen molar-refractivity contribution in [3.8, 4) is 0 Å². The summed E-state index contributed by atoms with van der Waals surface area (Å²) < 4.78 is 0. The van der Waals surface area contributed by atoms with Gasteiger partial charge in [-0.1, -0.05) is 36.8 Å². The predicted octanol–water partition coefficient (Wildman–Crippen LogP) is 3.13. The lowest BCUT2D eigenvalue weighted by atomic mass is 10.0. The van der Waals surface area contributed by atoms with Crippen molar-refractivity contribution in [2.75, 3.05) is 6.54 Å². The first kappa shape index (κ1) is 16.3. The van der Waals surface area contributed by atoms with Crippen LogP contribution in [0.2, 0.25) is 0 Å². The molecule has 2 aliphatic heterocycles. The molecule has 2 aliphatic rings. The van der Waals surface area contributed by atoms with Gasteiger partial charge < -0.3 is 9.88 Å². The summed E-state index contributed by atoms with van der Waals surface area (Å²) in [6.07, 6.45) is 8.18. The van der Waals surface area contributed by atoms with E-state index in [1.165, 1.54) is 18.4 Å². The molecular weight excluding hydrogens is 312 g/mol. The zero-order valence-electron chi connectivity index (χ0n) is 14.8. The number of nitrogens with one attached hydrogen (secondary N) is 1. The van der Waals surface area contributed by atoms with E-state index in [0.717, 1.165) is 31.8 Å². The summed E-state index contributed by atoms with van der Waals surface area (Å²) in [5.74, 6) is 1.21. The lowest BCUT2D eigenvalue weighted by Crippen LogP contribution is -2.45. The molecule has 1 aromatic carbocycles. The minimum atomic E-state index is 0.186. The van der Waals surface area contributed by atoms with Gasteiger partial charge in [0.2, 0.25) is 5.91 Å². The summed E-state index contributed by atoms with van der Waals surface area (Å²) in [4.78, 5) is 24.8. The number of fused-ring (bicyclic) bond motifs is 1. The normalized spacial score (nSPS) is 27.1. The molecule has 0 unspecified atom stereocenters. The van der Waals surface area contributed by atoms with E-state index in [1.54, 1.807) is 6.92 Å². The number of aromatic nitrogens is 2. The molecule has 3 atom stereocenters. The molecule has 3 heterocycles. The molecule has 1 N–H and O–H groups in total. The molecule has 0 bridgehead atoms. The molecule has 25 heavy (non-hydrogen) atoms. The molecule has 2 aromatic rings. The Labute approximate surface area is 149 Å². The van der Waals surface area contributed by atoms with Crippen molar-refractivity contribution in [1.82, 2.24) is 19.8 Å². The minimum Gasteiger partial charge on any atom is -0.348 e. The molecule has 2 fully saturated rings. The summed E-state index contributed by atoms with van der Waals surface area (Å²) >= 11 is 0. The van der Waals surface area contributed by atoms with Gasteiger partial charge in [-0.3, -0.25) is 9.69 Å². The Bertz CT molecular complexity index is 700. The minimum absolute atomic E-state index is 0.186. The fraction of sp³-hybridized carbons (Fsp3) is 0.500. The van der Waals surface area contributed by atoms with Crippen molar-refractivity contribution in [1.29, 1.82) is 0 Å². The van der Waals surface area contributed by atoms with Crippen LogP contribution in [0.4, 0.5) is 0 Å². The van der Waals surface area contributed by atoms with Gasteiger partial charge >= 0.3 is 0 Å². The van der Waals surface area contributed by atoms with E-state index in [0.29, 0.717) is 12.1 Å². The van der Waals surface area contributed by atoms with Gasteiger partial charge in [0.05, 0.1) is 12.6 Å². The van der Waals surface area contributed by atoms with Crippen molar-refractivity contribution in [2.45, 2.75) is 57.3 Å². The zero-order chi connectivity index (χ0) is 17.2. The number of imidazole rings is 1. The third-order valence-electron chi connectivity index (χ3n) is 5.72. The average Bonchev–Trinajstić information content (AvgIpc) is 3.22. The molecule has 5 heteroatoms. The van der Waals surface area contributed by atoms with Crippen LogP contribution in [0.3, 0.4) is 0 Å². The van der Waals surface area contributed by atoms with Gasteiger partial charge in [0.25, 0.3) is 0 Å². The third-order valence-corrected chi connectivity index (χ3v) is 5.72. The summed E-state index contributed by atoms with van der Waals surface area (Å²) in [6.45, 7) is 3.64. The van der Waals surface area contributed by atoms with Gasteiger partial charge in [0.15, 0.2) is 0 Å². The standard InChI is InChI=1S/C20H26N4O/c1-15(25)24-17-9-5-6-12-23(14-20-21-10-11-22-20)19(17)13-18(24)16-7-3-2-4-8-16/h2-4,7-8,10-11,17-19H,5-6,9,12-14H2,1H3,(H,21,22)/t17-,18-,19+/m0/s1. The molecule has 1 aromatic heterocycles. The predicted molar refractivity (Wildman–Crippen MR) is 96.7 cm³/mol. The molecule has 0 saturated carbocycles. The van der Waals surface area contributed by atoms with Crippen LogP contribution in [0.25, 0.3) is 0 Å². The molecular formula is C20H26N4O. The van der Waals surface area contributed by atoms with Gasteiger partial charge in [-0.05, 0) is 31.4 Å². The highest BCUT2D eigenvalue weighted by molar-refractivity contribution is 5.75. The summed E-state index contributed by atoms with van der Waals surface area (Å²) in [5, 5.41) is 0. The smallest absolute Gasteiger partial charge is 0.220 e. The van der Waals surface area contributed by atoms with Crippen molar-refractivity contribution in [3.63, 3.8) is 0 Å². The van der Waals surface area contributed by atoms with Crippen LogP contribution in [0.5, 0.6) is 0 Å². The van der Waals surface area contributed by atoms with Gasteiger partial charge in [0.1, 0.15) is 5.82 Å². The van der Waals surface area contributed by atoms with Crippen LogP contribution in [0.1, 0.15) is 50.0 Å². The Hall–Kier alpha value is -2.14. The highest BCUT2D eigenvalue weighted by Gasteiger charge is 2.46. The Morgan fingerprint density at radius 1 is 1.24 bits per heavy atom. The third kappa shape index (κ3) is 3.21. The Balaban J connectivity index is 1.64. The van der Waals surface area contributed by atoms with Crippen LogP contribution in [-0.2, 0) is 11.3 Å². The Morgan fingerprint density at radius 2 is 2.08 bits per heavy atom. The number of likely N-dealkylation sites (tertiary alicyclic amines) is 2. The quantitative estimate of drug-likeness (QED) is 0.935. The van der Waals surface area contributed by atoms with Gasteiger partial charge in [-0.15, -0.1) is 0 Å². The number of carbonyl (C=O) groups is 1. The molecule has 4 rings (SSSR count). The molecule has 0 aliphatic carbocycles. The van der Waals surface area contributed by atoms with Crippen LogP contribution in [0.15, 0.2) is 42.7 Å². The molecule has 2 saturated heterocycles. The molecule has 5 nitrogen and oxygen atoms in total.